The fraction of sp³-hybridized carbons (Fsp3) is 0.447. The Morgan fingerprint density at radius 2 is 1.80 bits per heavy atom. The zero-order valence-corrected chi connectivity index (χ0v) is 31.0. The molecule has 3 saturated heterocycles. The van der Waals surface area contributed by atoms with Gasteiger partial charge in [0.1, 0.15) is 11.8 Å². The average molecular weight is 755 g/mol. The van der Waals surface area contributed by atoms with E-state index in [1.54, 1.807) is 24.1 Å². The molecule has 6 N–H and O–H groups in total. The van der Waals surface area contributed by atoms with Gasteiger partial charge in [-0.05, 0) is 49.9 Å². The standard InChI is InChI=1S/C38H46N10O7/c1-3-26-35(41-22-11-17-55-18-12-22)45-36(33(43-26)34(39)51)42-23-7-8-28(30(19-23)54-2)46-13-15-47(16-14-46)32(50)20-40-27-6-4-5-24-25(27)21-48(38(24)53)29-9-10-31(49)44-37(29)52/h4-8,19,22,29,40H,3,9-18,20-21H2,1-2H3,(H2,39,51)(H2,41,42,45)(H,44,49,52). The third-order valence-electron chi connectivity index (χ3n) is 10.5. The number of carbonyl (C=O) groups excluding carboxylic acids is 5. The molecule has 0 aliphatic carbocycles. The van der Waals surface area contributed by atoms with E-state index in [0.717, 1.165) is 24.1 Å². The minimum atomic E-state index is -0.714. The van der Waals surface area contributed by atoms with Gasteiger partial charge in [-0.25, -0.2) is 9.97 Å². The van der Waals surface area contributed by atoms with Crippen LogP contribution < -0.4 is 36.6 Å². The van der Waals surface area contributed by atoms with Crippen LogP contribution in [0.3, 0.4) is 0 Å². The van der Waals surface area contributed by atoms with Gasteiger partial charge in [-0.1, -0.05) is 13.0 Å². The molecule has 7 rings (SSSR count). The van der Waals surface area contributed by atoms with Gasteiger partial charge in [-0.3, -0.25) is 29.3 Å². The number of hydrogen-bond acceptors (Lipinski definition) is 13. The van der Waals surface area contributed by atoms with Crippen LogP contribution in [0.5, 0.6) is 5.75 Å². The number of methoxy groups -OCH3 is 1. The van der Waals surface area contributed by atoms with E-state index in [-0.39, 0.29) is 61.2 Å². The molecule has 5 amide bonds. The lowest BCUT2D eigenvalue weighted by atomic mass is 10.0. The summed E-state index contributed by atoms with van der Waals surface area (Å²) in [5.41, 5.74) is 9.79. The molecular formula is C38H46N10O7. The number of fused-ring (bicyclic) bond motifs is 1. The van der Waals surface area contributed by atoms with Crippen molar-refractivity contribution in [2.24, 2.45) is 5.73 Å². The second-order valence-corrected chi connectivity index (χ2v) is 13.9. The number of nitrogens with two attached hydrogens (primary N) is 1. The monoisotopic (exact) mass is 754 g/mol. The Labute approximate surface area is 318 Å². The van der Waals surface area contributed by atoms with E-state index in [1.807, 2.05) is 31.2 Å². The second kappa shape index (κ2) is 16.2. The number of rotatable bonds is 12. The average Bonchev–Trinajstić information content (AvgIpc) is 3.53. The van der Waals surface area contributed by atoms with Gasteiger partial charge in [0.15, 0.2) is 17.3 Å². The van der Waals surface area contributed by atoms with Gasteiger partial charge < -0.3 is 45.9 Å². The Balaban J connectivity index is 0.969. The normalized spacial score (nSPS) is 18.8. The summed E-state index contributed by atoms with van der Waals surface area (Å²) in [7, 11) is 1.59. The summed E-state index contributed by atoms with van der Waals surface area (Å²) in [5.74, 6) is -0.391. The molecule has 55 heavy (non-hydrogen) atoms. The largest absolute Gasteiger partial charge is 0.495 e. The first-order valence-corrected chi connectivity index (χ1v) is 18.7. The number of primary amides is 1. The Bertz CT molecular complexity index is 1990. The predicted molar refractivity (Wildman–Crippen MR) is 203 cm³/mol. The number of amides is 5. The van der Waals surface area contributed by atoms with Crippen molar-refractivity contribution in [1.82, 2.24) is 25.1 Å². The van der Waals surface area contributed by atoms with Crippen LogP contribution in [0.4, 0.5) is 28.7 Å². The van der Waals surface area contributed by atoms with E-state index in [0.29, 0.717) is 80.0 Å². The Morgan fingerprint density at radius 1 is 1.02 bits per heavy atom. The number of piperazine rings is 1. The quantitative estimate of drug-likeness (QED) is 0.168. The maximum atomic E-state index is 13.4. The molecule has 0 radical (unpaired) electrons. The molecule has 1 unspecified atom stereocenters. The van der Waals surface area contributed by atoms with Gasteiger partial charge >= 0.3 is 0 Å². The van der Waals surface area contributed by atoms with E-state index in [2.05, 4.69) is 31.2 Å². The Hall–Kier alpha value is -5.97. The van der Waals surface area contributed by atoms with Crippen molar-refractivity contribution < 1.29 is 33.4 Å². The molecule has 290 valence electrons. The summed E-state index contributed by atoms with van der Waals surface area (Å²) >= 11 is 0. The zero-order valence-electron chi connectivity index (χ0n) is 31.0. The highest BCUT2D eigenvalue weighted by atomic mass is 16.5. The van der Waals surface area contributed by atoms with Crippen LogP contribution in [0, 0.1) is 0 Å². The lowest BCUT2D eigenvalue weighted by Crippen LogP contribution is -2.52. The van der Waals surface area contributed by atoms with Gasteiger partial charge in [-0.15, -0.1) is 0 Å². The molecule has 4 aliphatic heterocycles. The van der Waals surface area contributed by atoms with Crippen LogP contribution in [-0.2, 0) is 32.1 Å². The van der Waals surface area contributed by atoms with Gasteiger partial charge in [0, 0.05) is 87.0 Å². The molecule has 0 saturated carbocycles. The molecule has 17 heteroatoms. The first-order valence-electron chi connectivity index (χ1n) is 18.7. The fourth-order valence-corrected chi connectivity index (χ4v) is 7.51. The summed E-state index contributed by atoms with van der Waals surface area (Å²) in [6.45, 7) is 5.66. The number of piperidine rings is 1. The predicted octanol–water partition coefficient (Wildman–Crippen LogP) is 2.00. The number of hydrogen-bond donors (Lipinski definition) is 5. The zero-order chi connectivity index (χ0) is 38.6. The summed E-state index contributed by atoms with van der Waals surface area (Å²) in [6, 6.07) is 10.4. The van der Waals surface area contributed by atoms with Gasteiger partial charge in [-0.2, -0.15) is 0 Å². The number of anilines is 5. The van der Waals surface area contributed by atoms with E-state index < -0.39 is 17.9 Å². The summed E-state index contributed by atoms with van der Waals surface area (Å²) in [5, 5.41) is 12.2. The SMILES string of the molecule is CCc1nc(C(N)=O)c(Nc2ccc(N3CCN(C(=O)CNc4cccc5c4CN(C4CCC(=O)NC4=O)C5=O)CC3)c(OC)c2)nc1NC1CCOCC1. The molecule has 0 spiro atoms. The van der Waals surface area contributed by atoms with Crippen LogP contribution in [-0.4, -0.2) is 114 Å². The minimum Gasteiger partial charge on any atom is -0.495 e. The van der Waals surface area contributed by atoms with Crippen LogP contribution in [0.2, 0.25) is 0 Å². The molecule has 3 fully saturated rings. The van der Waals surface area contributed by atoms with Crippen molar-refractivity contribution in [3.05, 3.63) is 58.9 Å². The highest BCUT2D eigenvalue weighted by Crippen LogP contribution is 2.35. The Kier molecular flexibility index (Phi) is 11.0. The molecule has 17 nitrogen and oxygen atoms in total. The molecule has 1 atom stereocenters. The number of carbonyl (C=O) groups is 5. The number of aryl methyl sites for hydroxylation is 1. The Morgan fingerprint density at radius 3 is 2.51 bits per heavy atom. The summed E-state index contributed by atoms with van der Waals surface area (Å²) in [6.07, 6.45) is 2.71. The van der Waals surface area contributed by atoms with E-state index in [1.165, 1.54) is 4.90 Å². The van der Waals surface area contributed by atoms with Crippen molar-refractivity contribution in [3.63, 3.8) is 0 Å². The molecule has 2 aromatic carbocycles. The highest BCUT2D eigenvalue weighted by Gasteiger charge is 2.40. The highest BCUT2D eigenvalue weighted by molar-refractivity contribution is 6.06. The van der Waals surface area contributed by atoms with Gasteiger partial charge in [0.05, 0.1) is 25.0 Å². The minimum absolute atomic E-state index is 0.0362. The number of ether oxygens (including phenoxy) is 2. The van der Waals surface area contributed by atoms with E-state index >= 15 is 0 Å². The van der Waals surface area contributed by atoms with Crippen molar-refractivity contribution in [2.75, 3.05) is 73.9 Å². The fourth-order valence-electron chi connectivity index (χ4n) is 7.51. The maximum Gasteiger partial charge on any atom is 0.271 e. The lowest BCUT2D eigenvalue weighted by molar-refractivity contribution is -0.137. The molecule has 3 aromatic rings. The van der Waals surface area contributed by atoms with Crippen molar-refractivity contribution in [3.8, 4) is 5.75 Å². The number of nitrogens with zero attached hydrogens (tertiary/aromatic N) is 5. The number of benzene rings is 2. The topological polar surface area (TPSA) is 213 Å². The molecule has 1 aromatic heterocycles. The van der Waals surface area contributed by atoms with Gasteiger partial charge in [0.2, 0.25) is 17.7 Å². The number of imide groups is 1. The van der Waals surface area contributed by atoms with Crippen molar-refractivity contribution in [2.45, 2.75) is 57.7 Å². The first kappa shape index (κ1) is 37.3. The summed E-state index contributed by atoms with van der Waals surface area (Å²) in [4.78, 5) is 77.9. The van der Waals surface area contributed by atoms with Crippen LogP contribution in [0.25, 0.3) is 0 Å². The third-order valence-corrected chi connectivity index (χ3v) is 10.5. The number of nitrogens with one attached hydrogen (secondary N) is 4. The molecule has 5 heterocycles. The summed E-state index contributed by atoms with van der Waals surface area (Å²) < 4.78 is 11.3. The van der Waals surface area contributed by atoms with Crippen molar-refractivity contribution >= 4 is 58.2 Å². The first-order chi connectivity index (χ1) is 26.6. The lowest BCUT2D eigenvalue weighted by Gasteiger charge is -2.36. The number of aromatic nitrogens is 2. The van der Waals surface area contributed by atoms with Crippen molar-refractivity contribution in [1.29, 1.82) is 0 Å². The molecular weight excluding hydrogens is 708 g/mol. The molecule has 0 bridgehead atoms. The van der Waals surface area contributed by atoms with Gasteiger partial charge in [0.25, 0.3) is 11.8 Å². The third kappa shape index (κ3) is 7.97. The van der Waals surface area contributed by atoms with E-state index in [4.69, 9.17) is 20.2 Å². The van der Waals surface area contributed by atoms with Crippen LogP contribution in [0.15, 0.2) is 36.4 Å². The second-order valence-electron chi connectivity index (χ2n) is 13.9. The van der Waals surface area contributed by atoms with Crippen LogP contribution in [0.1, 0.15) is 64.7 Å². The maximum absolute atomic E-state index is 13.4. The van der Waals surface area contributed by atoms with E-state index in [9.17, 15) is 24.0 Å². The smallest absolute Gasteiger partial charge is 0.271 e. The molecule has 4 aliphatic rings. The van der Waals surface area contributed by atoms with Crippen LogP contribution >= 0.6 is 0 Å².